The Hall–Kier alpha value is -0.830. The zero-order chi connectivity index (χ0) is 9.42. The Morgan fingerprint density at radius 1 is 1.23 bits per heavy atom. The molecule has 0 atom stereocenters. The molecule has 3 heteroatoms. The van der Waals surface area contributed by atoms with Crippen LogP contribution in [0.3, 0.4) is 0 Å². The number of aryl methyl sites for hydroxylation is 1. The van der Waals surface area contributed by atoms with E-state index in [-0.39, 0.29) is 0 Å². The smallest absolute Gasteiger partial charge is 0.137 e. The normalized spacial score (nSPS) is 15.6. The Bertz CT molecular complexity index is 373. The summed E-state index contributed by atoms with van der Waals surface area (Å²) in [6.07, 6.45) is 2.07. The molecular formula is C10H10BrNO. The van der Waals surface area contributed by atoms with Gasteiger partial charge in [-0.1, -0.05) is 0 Å². The summed E-state index contributed by atoms with van der Waals surface area (Å²) in [4.78, 5) is 11.2. The number of fused-ring (bicyclic) bond motifs is 1. The quantitative estimate of drug-likeness (QED) is 0.705. The van der Waals surface area contributed by atoms with Gasteiger partial charge >= 0.3 is 0 Å². The van der Waals surface area contributed by atoms with Gasteiger partial charge in [-0.25, -0.2) is 0 Å². The molecule has 68 valence electrons. The minimum absolute atomic E-state index is 0.314. The van der Waals surface area contributed by atoms with Crippen LogP contribution in [0.2, 0.25) is 0 Å². The van der Waals surface area contributed by atoms with E-state index in [0.717, 1.165) is 16.5 Å². The van der Waals surface area contributed by atoms with Gasteiger partial charge in [0, 0.05) is 23.0 Å². The first-order valence-corrected chi connectivity index (χ1v) is 5.04. The van der Waals surface area contributed by atoms with Gasteiger partial charge in [-0.15, -0.1) is 0 Å². The molecule has 1 aromatic rings. The molecule has 1 aliphatic carbocycles. The molecule has 2 rings (SSSR count). The molecule has 1 aromatic carbocycles. The highest BCUT2D eigenvalue weighted by molar-refractivity contribution is 9.10. The Kier molecular flexibility index (Phi) is 2.12. The summed E-state index contributed by atoms with van der Waals surface area (Å²) in [7, 11) is 0. The number of ketones is 1. The van der Waals surface area contributed by atoms with Crippen LogP contribution in [0.4, 0.5) is 5.69 Å². The van der Waals surface area contributed by atoms with Crippen LogP contribution in [0.25, 0.3) is 0 Å². The van der Waals surface area contributed by atoms with Crippen LogP contribution in [-0.4, -0.2) is 5.78 Å². The van der Waals surface area contributed by atoms with E-state index >= 15 is 0 Å². The van der Waals surface area contributed by atoms with E-state index in [1.54, 1.807) is 0 Å². The molecule has 13 heavy (non-hydrogen) atoms. The zero-order valence-corrected chi connectivity index (χ0v) is 8.73. The Morgan fingerprint density at radius 2 is 2.00 bits per heavy atom. The molecule has 0 amide bonds. The van der Waals surface area contributed by atoms with Crippen molar-refractivity contribution in [3.8, 4) is 0 Å². The second-order valence-electron chi connectivity index (χ2n) is 3.36. The number of anilines is 1. The van der Waals surface area contributed by atoms with Gasteiger partial charge in [0.2, 0.25) is 0 Å². The number of rotatable bonds is 0. The van der Waals surface area contributed by atoms with Crippen molar-refractivity contribution in [1.29, 1.82) is 0 Å². The van der Waals surface area contributed by atoms with Crippen molar-refractivity contribution in [1.82, 2.24) is 0 Å². The van der Waals surface area contributed by atoms with Crippen molar-refractivity contribution < 1.29 is 4.79 Å². The van der Waals surface area contributed by atoms with Gasteiger partial charge in [0.25, 0.3) is 0 Å². The lowest BCUT2D eigenvalue weighted by molar-refractivity contribution is -0.118. The van der Waals surface area contributed by atoms with Crippen molar-refractivity contribution in [3.05, 3.63) is 27.7 Å². The van der Waals surface area contributed by atoms with Gasteiger partial charge in [-0.05, 0) is 45.6 Å². The van der Waals surface area contributed by atoms with E-state index in [1.165, 1.54) is 5.56 Å². The summed E-state index contributed by atoms with van der Waals surface area (Å²) in [6.45, 7) is 0. The molecule has 0 heterocycles. The highest BCUT2D eigenvalue weighted by atomic mass is 79.9. The summed E-state index contributed by atoms with van der Waals surface area (Å²) >= 11 is 3.38. The van der Waals surface area contributed by atoms with Crippen LogP contribution in [0, 0.1) is 0 Å². The third-order valence-corrected chi connectivity index (χ3v) is 3.07. The average Bonchev–Trinajstić information content (AvgIpc) is 2.08. The monoisotopic (exact) mass is 239 g/mol. The second kappa shape index (κ2) is 3.14. The number of hydrogen-bond acceptors (Lipinski definition) is 2. The summed E-state index contributed by atoms with van der Waals surface area (Å²) in [5.41, 5.74) is 8.79. The molecule has 0 radical (unpaired) electrons. The molecule has 0 aromatic heterocycles. The van der Waals surface area contributed by atoms with Crippen LogP contribution in [0.15, 0.2) is 16.6 Å². The van der Waals surface area contributed by atoms with E-state index in [9.17, 15) is 4.79 Å². The van der Waals surface area contributed by atoms with Gasteiger partial charge in [0.1, 0.15) is 5.78 Å². The van der Waals surface area contributed by atoms with Crippen molar-refractivity contribution in [2.24, 2.45) is 0 Å². The maximum absolute atomic E-state index is 11.2. The molecule has 0 fully saturated rings. The average molecular weight is 240 g/mol. The van der Waals surface area contributed by atoms with Crippen LogP contribution >= 0.6 is 15.9 Å². The fraction of sp³-hybridized carbons (Fsp3) is 0.300. The van der Waals surface area contributed by atoms with Crippen LogP contribution in [0.5, 0.6) is 0 Å². The number of carbonyl (C=O) groups is 1. The van der Waals surface area contributed by atoms with Crippen molar-refractivity contribution >= 4 is 27.4 Å². The van der Waals surface area contributed by atoms with E-state index in [2.05, 4.69) is 15.9 Å². The fourth-order valence-electron chi connectivity index (χ4n) is 1.65. The Labute approximate surface area is 85.3 Å². The first-order valence-electron chi connectivity index (χ1n) is 4.25. The number of Topliss-reactive ketones (excluding diaryl/α,β-unsaturated/α-hetero) is 1. The number of hydrogen-bond donors (Lipinski definition) is 1. The lowest BCUT2D eigenvalue weighted by atomic mass is 9.90. The molecule has 1 aliphatic rings. The third-order valence-electron chi connectivity index (χ3n) is 2.38. The first-order chi connectivity index (χ1) is 6.16. The Balaban J connectivity index is 2.49. The second-order valence-corrected chi connectivity index (χ2v) is 4.21. The molecule has 0 spiro atoms. The maximum atomic E-state index is 11.2. The number of carbonyl (C=O) groups excluding carboxylic acids is 1. The first kappa shape index (κ1) is 8.75. The number of nitrogen functional groups attached to an aromatic ring is 1. The standard InChI is InChI=1S/C10H10BrNO/c11-9-4-6-1-2-8(13)3-7(6)5-10(9)12/h4-5H,1-3,12H2. The molecular weight excluding hydrogens is 230 g/mol. The third kappa shape index (κ3) is 1.61. The molecule has 0 saturated carbocycles. The van der Waals surface area contributed by atoms with E-state index in [0.29, 0.717) is 24.3 Å². The highest BCUT2D eigenvalue weighted by Gasteiger charge is 2.16. The molecule has 2 N–H and O–H groups in total. The van der Waals surface area contributed by atoms with Crippen LogP contribution in [-0.2, 0) is 17.6 Å². The highest BCUT2D eigenvalue weighted by Crippen LogP contribution is 2.28. The zero-order valence-electron chi connectivity index (χ0n) is 7.14. The molecule has 2 nitrogen and oxygen atoms in total. The predicted molar refractivity (Wildman–Crippen MR) is 55.6 cm³/mol. The van der Waals surface area contributed by atoms with Gasteiger partial charge in [-0.3, -0.25) is 4.79 Å². The van der Waals surface area contributed by atoms with Crippen LogP contribution < -0.4 is 5.73 Å². The van der Waals surface area contributed by atoms with E-state index in [1.807, 2.05) is 12.1 Å². The molecule has 0 saturated heterocycles. The maximum Gasteiger partial charge on any atom is 0.137 e. The summed E-state index contributed by atoms with van der Waals surface area (Å²) < 4.78 is 0.931. The van der Waals surface area contributed by atoms with Gasteiger partial charge in [0.05, 0.1) is 0 Å². The topological polar surface area (TPSA) is 43.1 Å². The lowest BCUT2D eigenvalue weighted by Crippen LogP contribution is -2.13. The minimum Gasteiger partial charge on any atom is -0.398 e. The summed E-state index contributed by atoms with van der Waals surface area (Å²) in [5.74, 6) is 0.314. The van der Waals surface area contributed by atoms with Gasteiger partial charge < -0.3 is 5.73 Å². The minimum atomic E-state index is 0.314. The van der Waals surface area contributed by atoms with Crippen molar-refractivity contribution in [2.45, 2.75) is 19.3 Å². The molecule has 0 aliphatic heterocycles. The van der Waals surface area contributed by atoms with Crippen molar-refractivity contribution in [2.75, 3.05) is 5.73 Å². The SMILES string of the molecule is Nc1cc2c(cc1Br)CCC(=O)C2. The van der Waals surface area contributed by atoms with Gasteiger partial charge in [0.15, 0.2) is 0 Å². The van der Waals surface area contributed by atoms with E-state index in [4.69, 9.17) is 5.73 Å². The van der Waals surface area contributed by atoms with Crippen LogP contribution in [0.1, 0.15) is 17.5 Å². The molecule has 0 bridgehead atoms. The summed E-state index contributed by atoms with van der Waals surface area (Å²) in [6, 6.07) is 3.92. The Morgan fingerprint density at radius 3 is 2.77 bits per heavy atom. The lowest BCUT2D eigenvalue weighted by Gasteiger charge is -2.15. The van der Waals surface area contributed by atoms with Crippen molar-refractivity contribution in [3.63, 3.8) is 0 Å². The number of halogens is 1. The van der Waals surface area contributed by atoms with E-state index < -0.39 is 0 Å². The number of benzene rings is 1. The number of nitrogens with two attached hydrogens (primary N) is 1. The largest absolute Gasteiger partial charge is 0.398 e. The van der Waals surface area contributed by atoms with Gasteiger partial charge in [-0.2, -0.15) is 0 Å². The molecule has 0 unspecified atom stereocenters. The fourth-order valence-corrected chi connectivity index (χ4v) is 2.04. The summed E-state index contributed by atoms with van der Waals surface area (Å²) in [5, 5.41) is 0. The predicted octanol–water partition coefficient (Wildman–Crippen LogP) is 2.09.